The van der Waals surface area contributed by atoms with Gasteiger partial charge in [0.25, 0.3) is 5.56 Å². The first kappa shape index (κ1) is 17.4. The number of benzene rings is 1. The quantitative estimate of drug-likeness (QED) is 0.746. The number of aromatic amines is 1. The number of phenolic OH excluding ortho intramolecular Hbond substituents is 1. The highest BCUT2D eigenvalue weighted by Gasteiger charge is 2.24. The van der Waals surface area contributed by atoms with Crippen molar-refractivity contribution in [1.82, 2.24) is 19.9 Å². The monoisotopic (exact) mass is 362 g/mol. The predicted molar refractivity (Wildman–Crippen MR) is 103 cm³/mol. The Labute approximate surface area is 157 Å². The molecule has 1 fully saturated rings. The molecule has 27 heavy (non-hydrogen) atoms. The van der Waals surface area contributed by atoms with Crippen molar-refractivity contribution in [3.8, 4) is 17.1 Å². The number of pyridine rings is 1. The van der Waals surface area contributed by atoms with Crippen LogP contribution in [0.5, 0.6) is 5.75 Å². The third kappa shape index (κ3) is 4.06. The van der Waals surface area contributed by atoms with Crippen molar-refractivity contribution in [2.45, 2.75) is 25.3 Å². The van der Waals surface area contributed by atoms with Gasteiger partial charge in [0.1, 0.15) is 11.6 Å². The predicted octanol–water partition coefficient (Wildman–Crippen LogP) is 2.92. The van der Waals surface area contributed by atoms with Crippen molar-refractivity contribution in [3.63, 3.8) is 0 Å². The molecule has 3 aromatic rings. The smallest absolute Gasteiger partial charge is 0.251 e. The molecule has 0 aliphatic carbocycles. The van der Waals surface area contributed by atoms with E-state index in [1.807, 2.05) is 30.3 Å². The second kappa shape index (κ2) is 7.72. The van der Waals surface area contributed by atoms with Crippen LogP contribution in [0.15, 0.2) is 59.7 Å². The van der Waals surface area contributed by atoms with E-state index < -0.39 is 0 Å². The lowest BCUT2D eigenvalue weighted by atomic mass is 9.94. The molecular weight excluding hydrogens is 340 g/mol. The van der Waals surface area contributed by atoms with Gasteiger partial charge in [-0.3, -0.25) is 14.7 Å². The third-order valence-corrected chi connectivity index (χ3v) is 5.01. The molecule has 0 radical (unpaired) electrons. The van der Waals surface area contributed by atoms with Gasteiger partial charge in [-0.05, 0) is 37.6 Å². The van der Waals surface area contributed by atoms with Crippen molar-refractivity contribution in [2.75, 3.05) is 13.1 Å². The summed E-state index contributed by atoms with van der Waals surface area (Å²) in [6.45, 7) is 2.49. The van der Waals surface area contributed by atoms with Crippen LogP contribution in [-0.4, -0.2) is 38.0 Å². The molecule has 3 heterocycles. The van der Waals surface area contributed by atoms with Crippen molar-refractivity contribution >= 4 is 0 Å². The van der Waals surface area contributed by atoms with Crippen LogP contribution >= 0.6 is 0 Å². The number of aromatic nitrogens is 3. The number of rotatable bonds is 4. The first-order valence-corrected chi connectivity index (χ1v) is 9.20. The average Bonchev–Trinajstić information content (AvgIpc) is 2.70. The first-order chi connectivity index (χ1) is 13.2. The molecule has 6 heteroatoms. The van der Waals surface area contributed by atoms with E-state index in [4.69, 9.17) is 4.98 Å². The van der Waals surface area contributed by atoms with Crippen LogP contribution in [-0.2, 0) is 6.54 Å². The van der Waals surface area contributed by atoms with Gasteiger partial charge in [0, 0.05) is 48.6 Å². The molecule has 0 amide bonds. The fourth-order valence-corrected chi connectivity index (χ4v) is 3.65. The maximum Gasteiger partial charge on any atom is 0.251 e. The number of likely N-dealkylation sites (tertiary alicyclic amines) is 1. The minimum absolute atomic E-state index is 0.142. The van der Waals surface area contributed by atoms with E-state index in [2.05, 4.69) is 14.9 Å². The Hall–Kier alpha value is -2.99. The number of phenols is 1. The molecule has 4 rings (SSSR count). The largest absolute Gasteiger partial charge is 0.508 e. The molecule has 0 saturated carbocycles. The molecule has 0 bridgehead atoms. The van der Waals surface area contributed by atoms with E-state index in [0.29, 0.717) is 18.1 Å². The van der Waals surface area contributed by atoms with Crippen LogP contribution < -0.4 is 5.56 Å². The highest BCUT2D eigenvalue weighted by atomic mass is 16.3. The van der Waals surface area contributed by atoms with Gasteiger partial charge >= 0.3 is 0 Å². The Morgan fingerprint density at radius 2 is 2.11 bits per heavy atom. The van der Waals surface area contributed by atoms with Gasteiger partial charge in [0.15, 0.2) is 0 Å². The van der Waals surface area contributed by atoms with Gasteiger partial charge in [0.2, 0.25) is 0 Å². The van der Waals surface area contributed by atoms with Crippen molar-refractivity contribution in [1.29, 1.82) is 0 Å². The van der Waals surface area contributed by atoms with E-state index in [0.717, 1.165) is 42.8 Å². The van der Waals surface area contributed by atoms with Crippen molar-refractivity contribution in [2.24, 2.45) is 0 Å². The fraction of sp³-hybridized carbons (Fsp3) is 0.286. The summed E-state index contributed by atoms with van der Waals surface area (Å²) in [6.07, 6.45) is 5.44. The van der Waals surface area contributed by atoms with Crippen LogP contribution in [0.4, 0.5) is 0 Å². The molecule has 1 aromatic carbocycles. The summed E-state index contributed by atoms with van der Waals surface area (Å²) in [5.74, 6) is 1.08. The maximum absolute atomic E-state index is 12.2. The Morgan fingerprint density at radius 3 is 2.93 bits per heavy atom. The van der Waals surface area contributed by atoms with E-state index in [1.54, 1.807) is 24.5 Å². The van der Waals surface area contributed by atoms with Crippen molar-refractivity contribution in [3.05, 3.63) is 76.5 Å². The molecule has 6 nitrogen and oxygen atoms in total. The summed E-state index contributed by atoms with van der Waals surface area (Å²) in [5.41, 5.74) is 2.41. The molecule has 1 atom stereocenters. The summed E-state index contributed by atoms with van der Waals surface area (Å²) in [6, 6.07) is 12.8. The lowest BCUT2D eigenvalue weighted by molar-refractivity contribution is 0.196. The first-order valence-electron chi connectivity index (χ1n) is 9.20. The Kier molecular flexibility index (Phi) is 4.98. The van der Waals surface area contributed by atoms with Gasteiger partial charge in [-0.15, -0.1) is 0 Å². The molecule has 0 spiro atoms. The summed E-state index contributed by atoms with van der Waals surface area (Å²) in [4.78, 5) is 26.1. The van der Waals surface area contributed by atoms with E-state index in [-0.39, 0.29) is 11.5 Å². The van der Waals surface area contributed by atoms with Crippen molar-refractivity contribution < 1.29 is 5.11 Å². The minimum Gasteiger partial charge on any atom is -0.508 e. The number of aromatic hydroxyl groups is 1. The highest BCUT2D eigenvalue weighted by Crippen LogP contribution is 2.28. The third-order valence-electron chi connectivity index (χ3n) is 5.01. The lowest BCUT2D eigenvalue weighted by Gasteiger charge is -2.32. The Balaban J connectivity index is 1.55. The average molecular weight is 362 g/mol. The second-order valence-electron chi connectivity index (χ2n) is 6.96. The van der Waals surface area contributed by atoms with Gasteiger partial charge in [-0.25, -0.2) is 4.98 Å². The molecule has 1 aliphatic heterocycles. The highest BCUT2D eigenvalue weighted by molar-refractivity contribution is 5.52. The standard InChI is InChI=1S/C21H22N4O2/c26-19-8-2-1-5-17(19)14-25-10-4-7-16(13-25)18-11-20(27)24-21(23-18)15-6-3-9-22-12-15/h1-3,5-6,8-9,11-12,16,26H,4,7,10,13-14H2,(H,23,24,27). The van der Waals surface area contributed by atoms with Crippen LogP contribution in [0.3, 0.4) is 0 Å². The number of H-pyrrole nitrogens is 1. The van der Waals surface area contributed by atoms with Crippen LogP contribution in [0.2, 0.25) is 0 Å². The van der Waals surface area contributed by atoms with Crippen LogP contribution in [0.25, 0.3) is 11.4 Å². The summed E-state index contributed by atoms with van der Waals surface area (Å²) in [7, 11) is 0. The number of nitrogens with zero attached hydrogens (tertiary/aromatic N) is 3. The van der Waals surface area contributed by atoms with E-state index in [1.165, 1.54) is 0 Å². The van der Waals surface area contributed by atoms with Gasteiger partial charge in [-0.2, -0.15) is 0 Å². The molecule has 2 aromatic heterocycles. The summed E-state index contributed by atoms with van der Waals surface area (Å²) >= 11 is 0. The minimum atomic E-state index is -0.142. The molecule has 1 saturated heterocycles. The maximum atomic E-state index is 12.2. The lowest BCUT2D eigenvalue weighted by Crippen LogP contribution is -2.34. The Morgan fingerprint density at radius 1 is 1.22 bits per heavy atom. The van der Waals surface area contributed by atoms with E-state index in [9.17, 15) is 9.90 Å². The number of para-hydroxylation sites is 1. The topological polar surface area (TPSA) is 82.1 Å². The number of piperidine rings is 1. The number of hydrogen-bond donors (Lipinski definition) is 2. The molecular formula is C21H22N4O2. The molecule has 138 valence electrons. The number of nitrogens with one attached hydrogen (secondary N) is 1. The zero-order valence-corrected chi connectivity index (χ0v) is 15.0. The summed E-state index contributed by atoms with van der Waals surface area (Å²) < 4.78 is 0. The SMILES string of the molecule is O=c1cc(C2CCCN(Cc3ccccc3O)C2)nc(-c2cccnc2)[nH]1. The zero-order valence-electron chi connectivity index (χ0n) is 15.0. The zero-order chi connectivity index (χ0) is 18.6. The number of hydrogen-bond acceptors (Lipinski definition) is 5. The summed E-state index contributed by atoms with van der Waals surface area (Å²) in [5, 5.41) is 10.0. The Bertz CT molecular complexity index is 971. The van der Waals surface area contributed by atoms with Gasteiger partial charge in [0.05, 0.1) is 5.69 Å². The van der Waals surface area contributed by atoms with Gasteiger partial charge in [-0.1, -0.05) is 18.2 Å². The molecule has 1 unspecified atom stereocenters. The van der Waals surface area contributed by atoms with Crippen LogP contribution in [0, 0.1) is 0 Å². The fourth-order valence-electron chi connectivity index (χ4n) is 3.65. The van der Waals surface area contributed by atoms with E-state index >= 15 is 0 Å². The normalized spacial score (nSPS) is 17.7. The molecule has 2 N–H and O–H groups in total. The van der Waals surface area contributed by atoms with Crippen LogP contribution in [0.1, 0.15) is 30.0 Å². The molecule has 1 aliphatic rings. The van der Waals surface area contributed by atoms with Gasteiger partial charge < -0.3 is 10.1 Å². The second-order valence-corrected chi connectivity index (χ2v) is 6.96.